The number of fused-ring (bicyclic) bond motifs is 1. The second-order valence-electron chi connectivity index (χ2n) is 6.90. The van der Waals surface area contributed by atoms with Crippen LogP contribution in [-0.4, -0.2) is 59.8 Å². The molecule has 0 fully saturated rings. The van der Waals surface area contributed by atoms with E-state index in [9.17, 15) is 19.2 Å². The lowest BCUT2D eigenvalue weighted by Gasteiger charge is -2.13. The molecule has 2 heterocycles. The Kier molecular flexibility index (Phi) is 7.56. The smallest absolute Gasteiger partial charge is 0.326 e. The molecule has 0 unspecified atom stereocenters. The van der Waals surface area contributed by atoms with Crippen molar-refractivity contribution in [1.82, 2.24) is 25.3 Å². The summed E-state index contributed by atoms with van der Waals surface area (Å²) in [5.74, 6) is -2.44. The molecule has 1 atom stereocenters. The lowest BCUT2D eigenvalue weighted by atomic mass is 10.1. The number of carbonyl (C=O) groups is 3. The van der Waals surface area contributed by atoms with Crippen LogP contribution in [0.5, 0.6) is 0 Å². The number of amides is 1. The third-order valence-corrected chi connectivity index (χ3v) is 5.49. The highest BCUT2D eigenvalue weighted by Crippen LogP contribution is 2.20. The van der Waals surface area contributed by atoms with Crippen molar-refractivity contribution in [2.75, 3.05) is 11.5 Å². The summed E-state index contributed by atoms with van der Waals surface area (Å²) in [6.07, 6.45) is 1.49. The standard InChI is InChI=1S/C20H20N6O6S/c21-20-25-16-15(18(30)26-20)23-11(9-22-16)7-8-33-12-3-1-10(2-4-12)17(29)24-13(19(31)32)5-6-14(27)28/h1-4,9,13H,5-8H2,(H,24,29)(H,27,28)(H,31,32)(H3,21,22,25,26,30)/t13-/m0/s1. The van der Waals surface area contributed by atoms with Crippen LogP contribution in [0.3, 0.4) is 0 Å². The summed E-state index contributed by atoms with van der Waals surface area (Å²) in [5.41, 5.74) is 6.19. The van der Waals surface area contributed by atoms with Gasteiger partial charge < -0.3 is 21.3 Å². The van der Waals surface area contributed by atoms with Crippen LogP contribution in [0, 0.1) is 0 Å². The molecule has 0 saturated carbocycles. The van der Waals surface area contributed by atoms with Crippen molar-refractivity contribution >= 4 is 46.7 Å². The number of aromatic nitrogens is 4. The molecule has 0 radical (unpaired) electrons. The number of aromatic amines is 1. The SMILES string of the molecule is Nc1nc2ncc(CCSc3ccc(C(=O)N[C@@H](CCC(=O)O)C(=O)O)cc3)nc2c(=O)[nH]1. The van der Waals surface area contributed by atoms with Crippen molar-refractivity contribution in [2.24, 2.45) is 0 Å². The van der Waals surface area contributed by atoms with Crippen LogP contribution in [0.15, 0.2) is 40.2 Å². The zero-order chi connectivity index (χ0) is 24.0. The van der Waals surface area contributed by atoms with E-state index in [4.69, 9.17) is 15.9 Å². The van der Waals surface area contributed by atoms with Crippen LogP contribution in [0.25, 0.3) is 11.2 Å². The van der Waals surface area contributed by atoms with Gasteiger partial charge in [-0.15, -0.1) is 11.8 Å². The van der Waals surface area contributed by atoms with E-state index in [1.54, 1.807) is 24.3 Å². The number of hydrogen-bond acceptors (Lipinski definition) is 9. The van der Waals surface area contributed by atoms with Gasteiger partial charge in [-0.25, -0.2) is 14.8 Å². The molecule has 0 spiro atoms. The number of aryl methyl sites for hydroxylation is 1. The minimum Gasteiger partial charge on any atom is -0.481 e. The molecule has 13 heteroatoms. The van der Waals surface area contributed by atoms with Crippen LogP contribution in [0.1, 0.15) is 28.9 Å². The summed E-state index contributed by atoms with van der Waals surface area (Å²) in [6.45, 7) is 0. The number of nitrogens with one attached hydrogen (secondary N) is 2. The van der Waals surface area contributed by atoms with E-state index in [2.05, 4.69) is 25.3 Å². The van der Waals surface area contributed by atoms with E-state index in [1.165, 1.54) is 18.0 Å². The first kappa shape index (κ1) is 23.7. The first-order valence-corrected chi connectivity index (χ1v) is 10.7. The van der Waals surface area contributed by atoms with Gasteiger partial charge in [-0.3, -0.25) is 19.4 Å². The summed E-state index contributed by atoms with van der Waals surface area (Å²) in [5, 5.41) is 20.2. The second kappa shape index (κ2) is 10.5. The van der Waals surface area contributed by atoms with Gasteiger partial charge in [-0.05, 0) is 30.7 Å². The zero-order valence-electron chi connectivity index (χ0n) is 17.1. The first-order chi connectivity index (χ1) is 15.7. The predicted molar refractivity (Wildman–Crippen MR) is 119 cm³/mol. The highest BCUT2D eigenvalue weighted by atomic mass is 32.2. The van der Waals surface area contributed by atoms with E-state index in [0.717, 1.165) is 4.90 Å². The second-order valence-corrected chi connectivity index (χ2v) is 8.07. The van der Waals surface area contributed by atoms with Crippen molar-refractivity contribution in [3.8, 4) is 0 Å². The number of carbonyl (C=O) groups excluding carboxylic acids is 1. The number of benzene rings is 1. The summed E-state index contributed by atoms with van der Waals surface area (Å²) in [6, 6.07) is 5.26. The highest BCUT2D eigenvalue weighted by molar-refractivity contribution is 7.99. The molecule has 1 aromatic carbocycles. The largest absolute Gasteiger partial charge is 0.481 e. The van der Waals surface area contributed by atoms with Crippen molar-refractivity contribution in [3.05, 3.63) is 52.1 Å². The third kappa shape index (κ3) is 6.49. The number of aliphatic carboxylic acids is 2. The van der Waals surface area contributed by atoms with Crippen molar-refractivity contribution < 1.29 is 24.6 Å². The number of hydrogen-bond donors (Lipinski definition) is 5. The van der Waals surface area contributed by atoms with Gasteiger partial charge in [-0.1, -0.05) is 0 Å². The Labute approximate surface area is 190 Å². The number of nitrogens with two attached hydrogens (primary N) is 1. The molecule has 0 aliphatic rings. The van der Waals surface area contributed by atoms with Gasteiger partial charge >= 0.3 is 11.9 Å². The molecule has 6 N–H and O–H groups in total. The number of nitrogen functional groups attached to an aromatic ring is 1. The summed E-state index contributed by atoms with van der Waals surface area (Å²) < 4.78 is 0. The fraction of sp³-hybridized carbons (Fsp3) is 0.250. The molecule has 3 aromatic rings. The maximum atomic E-state index is 12.3. The Morgan fingerprint density at radius 3 is 2.55 bits per heavy atom. The zero-order valence-corrected chi connectivity index (χ0v) is 18.0. The van der Waals surface area contributed by atoms with Gasteiger partial charge in [0.25, 0.3) is 11.5 Å². The third-order valence-electron chi connectivity index (χ3n) is 4.48. The van der Waals surface area contributed by atoms with E-state index >= 15 is 0 Å². The van der Waals surface area contributed by atoms with Crippen LogP contribution in [0.2, 0.25) is 0 Å². The molecule has 1 amide bonds. The van der Waals surface area contributed by atoms with Crippen molar-refractivity contribution in [1.29, 1.82) is 0 Å². The number of carboxylic acids is 2. The van der Waals surface area contributed by atoms with Crippen molar-refractivity contribution in [2.45, 2.75) is 30.2 Å². The fourth-order valence-electron chi connectivity index (χ4n) is 2.83. The van der Waals surface area contributed by atoms with Gasteiger partial charge in [-0.2, -0.15) is 4.98 Å². The van der Waals surface area contributed by atoms with Gasteiger partial charge in [0, 0.05) is 29.1 Å². The average Bonchev–Trinajstić information content (AvgIpc) is 2.77. The minimum absolute atomic E-state index is 0.0269. The highest BCUT2D eigenvalue weighted by Gasteiger charge is 2.21. The maximum Gasteiger partial charge on any atom is 0.326 e. The van der Waals surface area contributed by atoms with Crippen LogP contribution in [0.4, 0.5) is 5.95 Å². The van der Waals surface area contributed by atoms with Gasteiger partial charge in [0.15, 0.2) is 11.2 Å². The van der Waals surface area contributed by atoms with Gasteiger partial charge in [0.05, 0.1) is 11.9 Å². The molecule has 0 saturated heterocycles. The van der Waals surface area contributed by atoms with E-state index in [0.29, 0.717) is 17.9 Å². The number of H-pyrrole nitrogens is 1. The molecule has 12 nitrogen and oxygen atoms in total. The van der Waals surface area contributed by atoms with Crippen LogP contribution >= 0.6 is 11.8 Å². The van der Waals surface area contributed by atoms with E-state index in [-0.39, 0.29) is 35.5 Å². The molecule has 0 bridgehead atoms. The van der Waals surface area contributed by atoms with E-state index in [1.807, 2.05) is 0 Å². The topological polar surface area (TPSA) is 201 Å². The molecule has 3 rings (SSSR count). The molecule has 33 heavy (non-hydrogen) atoms. The number of thioether (sulfide) groups is 1. The molecule has 2 aromatic heterocycles. The Bertz CT molecular complexity index is 1250. The average molecular weight is 472 g/mol. The molecule has 0 aliphatic heterocycles. The number of nitrogens with zero attached hydrogens (tertiary/aromatic N) is 3. The fourth-order valence-corrected chi connectivity index (χ4v) is 3.71. The van der Waals surface area contributed by atoms with Crippen LogP contribution in [-0.2, 0) is 16.0 Å². The normalized spacial score (nSPS) is 11.8. The quantitative estimate of drug-likeness (QED) is 0.260. The van der Waals surface area contributed by atoms with Crippen LogP contribution < -0.4 is 16.6 Å². The lowest BCUT2D eigenvalue weighted by Crippen LogP contribution is -2.41. The predicted octanol–water partition coefficient (Wildman–Crippen LogP) is 0.678. The summed E-state index contributed by atoms with van der Waals surface area (Å²) in [4.78, 5) is 61.7. The summed E-state index contributed by atoms with van der Waals surface area (Å²) in [7, 11) is 0. The lowest BCUT2D eigenvalue weighted by molar-refractivity contribution is -0.140. The molecular weight excluding hydrogens is 452 g/mol. The van der Waals surface area contributed by atoms with Gasteiger partial charge in [0.1, 0.15) is 6.04 Å². The molecule has 172 valence electrons. The van der Waals surface area contributed by atoms with E-state index < -0.39 is 29.4 Å². The Morgan fingerprint density at radius 1 is 1.15 bits per heavy atom. The number of rotatable bonds is 10. The molecule has 0 aliphatic carbocycles. The number of carboxylic acid groups (broad SMARTS) is 2. The Balaban J connectivity index is 1.55. The Hall–Kier alpha value is -4.00. The van der Waals surface area contributed by atoms with Crippen molar-refractivity contribution in [3.63, 3.8) is 0 Å². The maximum absolute atomic E-state index is 12.3. The monoisotopic (exact) mass is 472 g/mol. The first-order valence-electron chi connectivity index (χ1n) is 9.72. The minimum atomic E-state index is -1.30. The molecular formula is C20H20N6O6S. The number of anilines is 1. The summed E-state index contributed by atoms with van der Waals surface area (Å²) >= 11 is 1.50. The van der Waals surface area contributed by atoms with Gasteiger partial charge in [0.2, 0.25) is 5.95 Å². The Morgan fingerprint density at radius 2 is 1.88 bits per heavy atom.